The van der Waals surface area contributed by atoms with Gasteiger partial charge in [-0.25, -0.2) is 9.55 Å². The zero-order valence-electron chi connectivity index (χ0n) is 27.6. The number of H-pyrrole nitrogens is 1. The Hall–Kier alpha value is -0.790. The minimum atomic E-state index is 0.621. The molecular formula is C37H73N2+. The molecule has 1 aromatic heterocycles. The first-order chi connectivity index (χ1) is 19.2. The Morgan fingerprint density at radius 3 is 1.21 bits per heavy atom. The van der Waals surface area contributed by atoms with Gasteiger partial charge < -0.3 is 0 Å². The van der Waals surface area contributed by atoms with E-state index in [4.69, 9.17) is 0 Å². The van der Waals surface area contributed by atoms with Gasteiger partial charge in [-0.15, -0.1) is 0 Å². The molecule has 2 nitrogen and oxygen atoms in total. The van der Waals surface area contributed by atoms with Crippen LogP contribution in [0.2, 0.25) is 0 Å². The third kappa shape index (κ3) is 19.8. The van der Waals surface area contributed by atoms with E-state index in [-0.39, 0.29) is 0 Å². The minimum Gasteiger partial charge on any atom is -0.247 e. The van der Waals surface area contributed by atoms with E-state index < -0.39 is 0 Å². The van der Waals surface area contributed by atoms with Crippen molar-refractivity contribution >= 4 is 0 Å². The first-order valence-electron chi connectivity index (χ1n) is 18.3. The molecule has 0 aromatic carbocycles. The number of imidazole rings is 1. The van der Waals surface area contributed by atoms with Crippen molar-refractivity contribution in [1.82, 2.24) is 4.98 Å². The second-order valence-electron chi connectivity index (χ2n) is 12.9. The van der Waals surface area contributed by atoms with Gasteiger partial charge in [0.1, 0.15) is 12.4 Å². The van der Waals surface area contributed by atoms with Crippen molar-refractivity contribution in [2.75, 3.05) is 0 Å². The fraction of sp³-hybridized carbons (Fsp3) is 0.919. The Balaban J connectivity index is 2.38. The van der Waals surface area contributed by atoms with Crippen LogP contribution in [0.4, 0.5) is 0 Å². The highest BCUT2D eigenvalue weighted by Gasteiger charge is 2.25. The molecule has 39 heavy (non-hydrogen) atoms. The van der Waals surface area contributed by atoms with Gasteiger partial charge in [-0.2, -0.15) is 0 Å². The summed E-state index contributed by atoms with van der Waals surface area (Å²) in [6.07, 6.45) is 44.2. The first kappa shape index (κ1) is 36.2. The number of rotatable bonds is 30. The zero-order chi connectivity index (χ0) is 28.2. The maximum atomic E-state index is 3.73. The van der Waals surface area contributed by atoms with Crippen LogP contribution in [-0.2, 0) is 0 Å². The summed E-state index contributed by atoms with van der Waals surface area (Å²) in [5.41, 5.74) is 0. The molecule has 1 heterocycles. The van der Waals surface area contributed by atoms with Gasteiger partial charge in [0.25, 0.3) is 5.82 Å². The van der Waals surface area contributed by atoms with Crippen molar-refractivity contribution in [2.45, 2.75) is 219 Å². The van der Waals surface area contributed by atoms with E-state index in [9.17, 15) is 0 Å². The average Bonchev–Trinajstić information content (AvgIpc) is 3.44. The smallest absolute Gasteiger partial charge is 0.247 e. The lowest BCUT2D eigenvalue weighted by Gasteiger charge is -2.17. The van der Waals surface area contributed by atoms with Crippen LogP contribution < -0.4 is 4.57 Å². The second-order valence-corrected chi connectivity index (χ2v) is 12.9. The van der Waals surface area contributed by atoms with E-state index in [1.807, 2.05) is 0 Å². The molecule has 1 aromatic rings. The predicted molar refractivity (Wildman–Crippen MR) is 175 cm³/mol. The van der Waals surface area contributed by atoms with Crippen molar-refractivity contribution < 1.29 is 4.57 Å². The summed E-state index contributed by atoms with van der Waals surface area (Å²) in [6, 6.07) is 0.621. The SMILES string of the molecule is CCCCCCCCCCCCCCC(C)[n+]1cc[nH]c1C(CCCCCCCC)CCCCCCCCC. The van der Waals surface area contributed by atoms with E-state index in [0.717, 1.165) is 0 Å². The molecule has 0 saturated carbocycles. The lowest BCUT2D eigenvalue weighted by Crippen LogP contribution is -2.41. The second kappa shape index (κ2) is 27.4. The van der Waals surface area contributed by atoms with Crippen LogP contribution in [0, 0.1) is 0 Å². The van der Waals surface area contributed by atoms with Gasteiger partial charge >= 0.3 is 0 Å². The third-order valence-electron chi connectivity index (χ3n) is 9.14. The van der Waals surface area contributed by atoms with Crippen molar-refractivity contribution in [3.63, 3.8) is 0 Å². The quantitative estimate of drug-likeness (QED) is 0.0732. The van der Waals surface area contributed by atoms with Crippen molar-refractivity contribution in [3.05, 3.63) is 18.2 Å². The van der Waals surface area contributed by atoms with Gasteiger partial charge in [0.15, 0.2) is 0 Å². The number of aromatic nitrogens is 2. The summed E-state index contributed by atoms with van der Waals surface area (Å²) in [6.45, 7) is 9.41. The molecule has 1 rings (SSSR count). The van der Waals surface area contributed by atoms with Crippen LogP contribution in [0.1, 0.15) is 225 Å². The molecule has 0 saturated heterocycles. The van der Waals surface area contributed by atoms with Gasteiger partial charge in [0.05, 0.1) is 12.0 Å². The predicted octanol–water partition coefficient (Wildman–Crippen LogP) is 12.9. The number of nitrogens with one attached hydrogen (secondary N) is 1. The average molecular weight is 546 g/mol. The van der Waals surface area contributed by atoms with Crippen molar-refractivity contribution in [3.8, 4) is 0 Å². The number of hydrogen-bond acceptors (Lipinski definition) is 0. The summed E-state index contributed by atoms with van der Waals surface area (Å²) >= 11 is 0. The fourth-order valence-electron chi connectivity index (χ4n) is 6.43. The molecule has 0 radical (unpaired) electrons. The molecule has 0 aliphatic rings. The molecule has 2 unspecified atom stereocenters. The van der Waals surface area contributed by atoms with E-state index in [1.165, 1.54) is 186 Å². The fourth-order valence-corrected chi connectivity index (χ4v) is 6.43. The van der Waals surface area contributed by atoms with Gasteiger partial charge in [-0.1, -0.05) is 175 Å². The zero-order valence-corrected chi connectivity index (χ0v) is 27.6. The molecule has 0 bridgehead atoms. The number of nitrogens with zero attached hydrogens (tertiary/aromatic N) is 1. The van der Waals surface area contributed by atoms with E-state index in [1.54, 1.807) is 0 Å². The monoisotopic (exact) mass is 546 g/mol. The standard InChI is InChI=1S/C37H72N2/c1-5-8-11-14-17-18-19-20-21-23-24-27-30-35(4)39-34-33-38-37(39)36(31-28-25-16-13-10-7-3)32-29-26-22-15-12-9-6-2/h33-36H,5-32H2,1-4H3/p+1. The summed E-state index contributed by atoms with van der Waals surface area (Å²) in [4.78, 5) is 3.73. The summed E-state index contributed by atoms with van der Waals surface area (Å²) in [5.74, 6) is 2.24. The first-order valence-corrected chi connectivity index (χ1v) is 18.3. The lowest BCUT2D eigenvalue weighted by atomic mass is 9.93. The maximum Gasteiger partial charge on any atom is 0.257 e. The van der Waals surface area contributed by atoms with E-state index in [0.29, 0.717) is 12.0 Å². The Labute approximate surface area is 246 Å². The van der Waals surface area contributed by atoms with Gasteiger partial charge in [0.2, 0.25) is 0 Å². The molecule has 0 fully saturated rings. The Kier molecular flexibility index (Phi) is 25.4. The van der Waals surface area contributed by atoms with E-state index >= 15 is 0 Å². The molecule has 230 valence electrons. The highest BCUT2D eigenvalue weighted by atomic mass is 15.1. The highest BCUT2D eigenvalue weighted by molar-refractivity contribution is 4.90. The molecule has 0 aliphatic carbocycles. The van der Waals surface area contributed by atoms with Crippen LogP contribution >= 0.6 is 0 Å². The van der Waals surface area contributed by atoms with E-state index in [2.05, 4.69) is 49.6 Å². The summed E-state index contributed by atoms with van der Waals surface area (Å²) < 4.78 is 2.63. The largest absolute Gasteiger partial charge is 0.257 e. The number of hydrogen-bond donors (Lipinski definition) is 1. The lowest BCUT2D eigenvalue weighted by molar-refractivity contribution is -0.727. The van der Waals surface area contributed by atoms with Crippen LogP contribution in [0.3, 0.4) is 0 Å². The van der Waals surface area contributed by atoms with Crippen LogP contribution in [0.15, 0.2) is 12.4 Å². The minimum absolute atomic E-state index is 0.621. The number of aromatic amines is 1. The molecule has 1 N–H and O–H groups in total. The molecule has 0 amide bonds. The number of unbranched alkanes of at least 4 members (excludes halogenated alkanes) is 22. The Morgan fingerprint density at radius 1 is 0.487 bits per heavy atom. The van der Waals surface area contributed by atoms with Gasteiger partial charge in [0, 0.05) is 0 Å². The molecule has 0 spiro atoms. The van der Waals surface area contributed by atoms with Crippen molar-refractivity contribution in [2.24, 2.45) is 0 Å². The third-order valence-corrected chi connectivity index (χ3v) is 9.14. The molecule has 0 aliphatic heterocycles. The Morgan fingerprint density at radius 2 is 0.821 bits per heavy atom. The maximum absolute atomic E-state index is 3.73. The highest BCUT2D eigenvalue weighted by Crippen LogP contribution is 2.27. The topological polar surface area (TPSA) is 19.7 Å². The molecule has 2 atom stereocenters. The Bertz CT molecular complexity index is 606. The van der Waals surface area contributed by atoms with Crippen LogP contribution in [-0.4, -0.2) is 4.98 Å². The summed E-state index contributed by atoms with van der Waals surface area (Å²) in [7, 11) is 0. The van der Waals surface area contributed by atoms with Crippen molar-refractivity contribution in [1.29, 1.82) is 0 Å². The van der Waals surface area contributed by atoms with Gasteiger partial charge in [-0.05, 0) is 32.6 Å². The normalized spacial score (nSPS) is 13.2. The van der Waals surface area contributed by atoms with Crippen LogP contribution in [0.25, 0.3) is 0 Å². The summed E-state index contributed by atoms with van der Waals surface area (Å²) in [5, 5.41) is 0. The molecule has 2 heteroatoms. The van der Waals surface area contributed by atoms with Gasteiger partial charge in [-0.3, -0.25) is 0 Å². The molecular weight excluding hydrogens is 472 g/mol. The van der Waals surface area contributed by atoms with Crippen LogP contribution in [0.5, 0.6) is 0 Å².